The van der Waals surface area contributed by atoms with E-state index >= 15 is 0 Å². The Labute approximate surface area is 66.1 Å². The van der Waals surface area contributed by atoms with Crippen LogP contribution in [0.2, 0.25) is 0 Å². The summed E-state index contributed by atoms with van der Waals surface area (Å²) in [7, 11) is 0. The molecule has 0 aromatic rings. The first-order valence-electron chi connectivity index (χ1n) is 3.58. The highest BCUT2D eigenvalue weighted by molar-refractivity contribution is 5.28. The summed E-state index contributed by atoms with van der Waals surface area (Å²) in [4.78, 5) is 0. The van der Waals surface area contributed by atoms with Crippen LogP contribution in [0.15, 0.2) is 36.7 Å². The van der Waals surface area contributed by atoms with Gasteiger partial charge in [0.15, 0.2) is 0 Å². The van der Waals surface area contributed by atoms with E-state index in [2.05, 4.69) is 13.2 Å². The lowest BCUT2D eigenvalue weighted by Crippen LogP contribution is -2.02. The molecule has 1 aliphatic carbocycles. The highest BCUT2D eigenvalue weighted by Gasteiger charge is 2.34. The molecule has 1 saturated carbocycles. The number of hydrogen-bond donors (Lipinski definition) is 1. The van der Waals surface area contributed by atoms with Gasteiger partial charge in [-0.15, -0.1) is 0 Å². The zero-order valence-corrected chi connectivity index (χ0v) is 6.39. The van der Waals surface area contributed by atoms with Gasteiger partial charge < -0.3 is 5.73 Å². The van der Waals surface area contributed by atoms with Crippen LogP contribution in [0.1, 0.15) is 6.42 Å². The molecule has 1 aliphatic rings. The number of hydrogen-bond acceptors (Lipinski definition) is 1. The lowest BCUT2D eigenvalue weighted by atomic mass is 10.2. The van der Waals surface area contributed by atoms with Gasteiger partial charge in [0.2, 0.25) is 0 Å². The SMILES string of the molecule is C=C(F)/C=C\C(=C)[C@H]1C[C@@H]1N. The molecule has 0 unspecified atom stereocenters. The summed E-state index contributed by atoms with van der Waals surface area (Å²) < 4.78 is 12.1. The quantitative estimate of drug-likeness (QED) is 0.616. The first-order valence-corrected chi connectivity index (χ1v) is 3.58. The summed E-state index contributed by atoms with van der Waals surface area (Å²) in [5.74, 6) is -0.0778. The maximum absolute atomic E-state index is 12.1. The molecule has 0 radical (unpaired) electrons. The molecule has 0 amide bonds. The van der Waals surface area contributed by atoms with Crippen molar-refractivity contribution >= 4 is 0 Å². The van der Waals surface area contributed by atoms with E-state index in [-0.39, 0.29) is 6.04 Å². The number of halogens is 1. The third kappa shape index (κ3) is 2.31. The molecular weight excluding hydrogens is 141 g/mol. The van der Waals surface area contributed by atoms with Gasteiger partial charge >= 0.3 is 0 Å². The largest absolute Gasteiger partial charge is 0.327 e. The van der Waals surface area contributed by atoms with Crippen molar-refractivity contribution in [2.45, 2.75) is 12.5 Å². The molecule has 1 rings (SSSR count). The van der Waals surface area contributed by atoms with E-state index in [4.69, 9.17) is 5.73 Å². The second-order valence-corrected chi connectivity index (χ2v) is 2.86. The normalized spacial score (nSPS) is 28.9. The van der Waals surface area contributed by atoms with Gasteiger partial charge in [-0.25, -0.2) is 4.39 Å². The first kappa shape index (κ1) is 8.21. The molecule has 1 fully saturated rings. The third-order valence-corrected chi connectivity index (χ3v) is 1.79. The van der Waals surface area contributed by atoms with E-state index in [1.165, 1.54) is 6.08 Å². The van der Waals surface area contributed by atoms with Crippen molar-refractivity contribution in [3.05, 3.63) is 36.7 Å². The van der Waals surface area contributed by atoms with Crippen LogP contribution in [0.3, 0.4) is 0 Å². The minimum atomic E-state index is -0.444. The second-order valence-electron chi connectivity index (χ2n) is 2.86. The Balaban J connectivity index is 2.38. The molecular formula is C9H12FN. The maximum atomic E-state index is 12.1. The second kappa shape index (κ2) is 3.01. The maximum Gasteiger partial charge on any atom is 0.116 e. The Morgan fingerprint density at radius 2 is 2.00 bits per heavy atom. The van der Waals surface area contributed by atoms with Gasteiger partial charge in [-0.2, -0.15) is 0 Å². The molecule has 0 spiro atoms. The molecule has 0 bridgehead atoms. The summed E-state index contributed by atoms with van der Waals surface area (Å²) in [6, 6.07) is 0.236. The lowest BCUT2D eigenvalue weighted by Gasteiger charge is -1.93. The predicted octanol–water partition coefficient (Wildman–Crippen LogP) is 1.93. The molecule has 1 nitrogen and oxygen atoms in total. The van der Waals surface area contributed by atoms with E-state index in [0.29, 0.717) is 5.92 Å². The Kier molecular flexibility index (Phi) is 2.25. The highest BCUT2D eigenvalue weighted by atomic mass is 19.1. The van der Waals surface area contributed by atoms with Gasteiger partial charge in [-0.1, -0.05) is 24.8 Å². The van der Waals surface area contributed by atoms with E-state index in [0.717, 1.165) is 12.0 Å². The monoisotopic (exact) mass is 153 g/mol. The molecule has 0 heterocycles. The van der Waals surface area contributed by atoms with Crippen molar-refractivity contribution < 1.29 is 4.39 Å². The van der Waals surface area contributed by atoms with Crippen molar-refractivity contribution in [2.75, 3.05) is 0 Å². The van der Waals surface area contributed by atoms with Crippen molar-refractivity contribution in [3.8, 4) is 0 Å². The average Bonchev–Trinajstić information content (AvgIpc) is 2.61. The zero-order chi connectivity index (χ0) is 8.43. The average molecular weight is 153 g/mol. The van der Waals surface area contributed by atoms with E-state index < -0.39 is 5.83 Å². The summed E-state index contributed by atoms with van der Waals surface area (Å²) in [6.45, 7) is 6.86. The smallest absolute Gasteiger partial charge is 0.116 e. The van der Waals surface area contributed by atoms with Crippen molar-refractivity contribution in [1.29, 1.82) is 0 Å². The Hall–Kier alpha value is -0.890. The minimum absolute atomic E-state index is 0.236. The van der Waals surface area contributed by atoms with Crippen LogP contribution in [0.25, 0.3) is 0 Å². The van der Waals surface area contributed by atoms with Crippen molar-refractivity contribution in [1.82, 2.24) is 0 Å². The lowest BCUT2D eigenvalue weighted by molar-refractivity contribution is 0.671. The fourth-order valence-electron chi connectivity index (χ4n) is 0.962. The molecule has 2 heteroatoms. The van der Waals surface area contributed by atoms with Gasteiger partial charge in [0.05, 0.1) is 0 Å². The molecule has 0 aromatic carbocycles. The number of rotatable bonds is 3. The Morgan fingerprint density at radius 3 is 2.36 bits per heavy atom. The standard InChI is InChI=1S/C9H12FN/c1-6(3-4-7(2)10)8-5-9(8)11/h3-4,8-9H,1-2,5,11H2/b4-3-/t8-,9+/m1/s1. The van der Waals surface area contributed by atoms with Crippen molar-refractivity contribution in [2.24, 2.45) is 11.7 Å². The molecule has 0 aromatic heterocycles. The minimum Gasteiger partial charge on any atom is -0.327 e. The topological polar surface area (TPSA) is 26.0 Å². The molecule has 2 atom stereocenters. The summed E-state index contributed by atoms with van der Waals surface area (Å²) in [6.07, 6.45) is 3.93. The fraction of sp³-hybridized carbons (Fsp3) is 0.333. The van der Waals surface area contributed by atoms with E-state index in [1.54, 1.807) is 6.08 Å². The van der Waals surface area contributed by atoms with Gasteiger partial charge in [0.1, 0.15) is 5.83 Å². The summed E-state index contributed by atoms with van der Waals surface area (Å²) in [5, 5.41) is 0. The molecule has 2 N–H and O–H groups in total. The number of allylic oxidation sites excluding steroid dienone is 3. The summed E-state index contributed by atoms with van der Waals surface area (Å²) >= 11 is 0. The van der Waals surface area contributed by atoms with Gasteiger partial charge in [0.25, 0.3) is 0 Å². The van der Waals surface area contributed by atoms with Crippen LogP contribution in [0, 0.1) is 5.92 Å². The third-order valence-electron chi connectivity index (χ3n) is 1.79. The highest BCUT2D eigenvalue weighted by Crippen LogP contribution is 2.34. The fourth-order valence-corrected chi connectivity index (χ4v) is 0.962. The summed E-state index contributed by atoms with van der Waals surface area (Å²) in [5.41, 5.74) is 6.46. The predicted molar refractivity (Wildman–Crippen MR) is 44.6 cm³/mol. The zero-order valence-electron chi connectivity index (χ0n) is 6.39. The van der Waals surface area contributed by atoms with E-state index in [1.807, 2.05) is 0 Å². The molecule has 11 heavy (non-hydrogen) atoms. The van der Waals surface area contributed by atoms with Crippen LogP contribution >= 0.6 is 0 Å². The number of nitrogens with two attached hydrogens (primary N) is 1. The van der Waals surface area contributed by atoms with Gasteiger partial charge in [-0.3, -0.25) is 0 Å². The van der Waals surface area contributed by atoms with Crippen LogP contribution in [0.4, 0.5) is 4.39 Å². The molecule has 0 saturated heterocycles. The molecule has 60 valence electrons. The van der Waals surface area contributed by atoms with Gasteiger partial charge in [0, 0.05) is 6.04 Å². The van der Waals surface area contributed by atoms with Crippen LogP contribution in [-0.2, 0) is 0 Å². The molecule has 0 aliphatic heterocycles. The van der Waals surface area contributed by atoms with Crippen molar-refractivity contribution in [3.63, 3.8) is 0 Å². The Morgan fingerprint density at radius 1 is 1.45 bits per heavy atom. The van der Waals surface area contributed by atoms with Gasteiger partial charge in [-0.05, 0) is 18.4 Å². The first-order chi connectivity index (χ1) is 5.11. The van der Waals surface area contributed by atoms with Crippen LogP contribution < -0.4 is 5.73 Å². The Bertz CT molecular complexity index is 218. The van der Waals surface area contributed by atoms with Crippen LogP contribution in [0.5, 0.6) is 0 Å². The van der Waals surface area contributed by atoms with Crippen LogP contribution in [-0.4, -0.2) is 6.04 Å². The van der Waals surface area contributed by atoms with E-state index in [9.17, 15) is 4.39 Å².